The van der Waals surface area contributed by atoms with Crippen LogP contribution in [0.1, 0.15) is 28.2 Å². The number of anilines is 1. The summed E-state index contributed by atoms with van der Waals surface area (Å²) in [5, 5.41) is 3.11. The van der Waals surface area contributed by atoms with Gasteiger partial charge in [-0.3, -0.25) is 4.79 Å². The smallest absolute Gasteiger partial charge is 0.236 e. The van der Waals surface area contributed by atoms with Crippen molar-refractivity contribution in [2.75, 3.05) is 18.1 Å². The highest BCUT2D eigenvalue weighted by atomic mass is 32.2. The molecule has 1 N–H and O–H groups in total. The lowest BCUT2D eigenvalue weighted by Crippen LogP contribution is -2.35. The summed E-state index contributed by atoms with van der Waals surface area (Å²) < 4.78 is 25.3. The summed E-state index contributed by atoms with van der Waals surface area (Å²) >= 11 is 0. The summed E-state index contributed by atoms with van der Waals surface area (Å²) in [6, 6.07) is 25.1. The van der Waals surface area contributed by atoms with Crippen LogP contribution in [0.5, 0.6) is 0 Å². The first kappa shape index (κ1) is 20.3. The van der Waals surface area contributed by atoms with Gasteiger partial charge in [-0.05, 0) is 34.7 Å². The van der Waals surface area contributed by atoms with Crippen LogP contribution in [0.4, 0.5) is 5.69 Å². The van der Waals surface area contributed by atoms with Crippen LogP contribution in [0.25, 0.3) is 0 Å². The molecule has 30 heavy (non-hydrogen) atoms. The highest BCUT2D eigenvalue weighted by Gasteiger charge is 2.27. The second kappa shape index (κ2) is 8.42. The lowest BCUT2D eigenvalue weighted by molar-refractivity contribution is -0.116. The van der Waals surface area contributed by atoms with E-state index < -0.39 is 15.9 Å². The van der Waals surface area contributed by atoms with Crippen molar-refractivity contribution in [3.63, 3.8) is 0 Å². The Hall–Kier alpha value is -2.96. The van der Waals surface area contributed by atoms with E-state index in [1.165, 1.54) is 10.6 Å². The predicted octanol–water partition coefficient (Wildman–Crippen LogP) is 3.77. The van der Waals surface area contributed by atoms with Gasteiger partial charge in [-0.15, -0.1) is 0 Å². The van der Waals surface area contributed by atoms with Gasteiger partial charge in [0.2, 0.25) is 15.9 Å². The van der Waals surface area contributed by atoms with Gasteiger partial charge in [0, 0.05) is 18.8 Å². The molecule has 1 amide bonds. The van der Waals surface area contributed by atoms with Crippen molar-refractivity contribution in [2.45, 2.75) is 18.9 Å². The van der Waals surface area contributed by atoms with E-state index in [1.54, 1.807) is 0 Å². The molecule has 0 bridgehead atoms. The zero-order valence-electron chi connectivity index (χ0n) is 16.8. The monoisotopic (exact) mass is 420 g/mol. The molecule has 3 aromatic rings. The SMILES string of the molecule is CS(=O)(=O)N1CCc2c(cccc2NC(=O)C(c2ccccc2)c2ccccc2)C1. The molecule has 0 fully saturated rings. The number of carbonyl (C=O) groups excluding carboxylic acids is 1. The fourth-order valence-electron chi connectivity index (χ4n) is 3.97. The number of rotatable bonds is 5. The first-order valence-electron chi connectivity index (χ1n) is 9.90. The molecule has 1 aliphatic heterocycles. The maximum absolute atomic E-state index is 13.4. The molecule has 6 heteroatoms. The highest BCUT2D eigenvalue weighted by Crippen LogP contribution is 2.30. The van der Waals surface area contributed by atoms with Crippen LogP contribution in [0.15, 0.2) is 78.9 Å². The lowest BCUT2D eigenvalue weighted by atomic mass is 9.90. The maximum Gasteiger partial charge on any atom is 0.236 e. The van der Waals surface area contributed by atoms with Crippen molar-refractivity contribution in [2.24, 2.45) is 0 Å². The molecular weight excluding hydrogens is 396 g/mol. The number of hydrogen-bond donors (Lipinski definition) is 1. The molecule has 1 aliphatic rings. The summed E-state index contributed by atoms with van der Waals surface area (Å²) in [5.41, 5.74) is 4.54. The Bertz CT molecular complexity index is 1110. The molecule has 154 valence electrons. The maximum atomic E-state index is 13.4. The Balaban J connectivity index is 1.65. The van der Waals surface area contributed by atoms with Crippen LogP contribution in [-0.4, -0.2) is 31.4 Å². The minimum Gasteiger partial charge on any atom is -0.325 e. The van der Waals surface area contributed by atoms with Crippen LogP contribution >= 0.6 is 0 Å². The minimum atomic E-state index is -3.24. The molecule has 0 aromatic heterocycles. The number of amides is 1. The van der Waals surface area contributed by atoms with Crippen molar-refractivity contribution in [3.8, 4) is 0 Å². The van der Waals surface area contributed by atoms with Gasteiger partial charge in [0.15, 0.2) is 0 Å². The van der Waals surface area contributed by atoms with Gasteiger partial charge in [0.25, 0.3) is 0 Å². The largest absolute Gasteiger partial charge is 0.325 e. The minimum absolute atomic E-state index is 0.105. The molecular formula is C24H24N2O3S. The van der Waals surface area contributed by atoms with Gasteiger partial charge in [0.1, 0.15) is 0 Å². The third-order valence-corrected chi connectivity index (χ3v) is 6.74. The van der Waals surface area contributed by atoms with Gasteiger partial charge >= 0.3 is 0 Å². The van der Waals surface area contributed by atoms with Gasteiger partial charge in [-0.25, -0.2) is 8.42 Å². The Morgan fingerprint density at radius 1 is 0.900 bits per heavy atom. The van der Waals surface area contributed by atoms with Crippen molar-refractivity contribution in [1.29, 1.82) is 0 Å². The average molecular weight is 421 g/mol. The number of carbonyl (C=O) groups is 1. The number of benzene rings is 3. The number of sulfonamides is 1. The fraction of sp³-hybridized carbons (Fsp3) is 0.208. The first-order valence-corrected chi connectivity index (χ1v) is 11.7. The van der Waals surface area contributed by atoms with Crippen LogP contribution in [0, 0.1) is 0 Å². The van der Waals surface area contributed by atoms with Gasteiger partial charge < -0.3 is 5.32 Å². The molecule has 1 heterocycles. The molecule has 0 unspecified atom stereocenters. The molecule has 4 rings (SSSR count). The molecule has 0 radical (unpaired) electrons. The highest BCUT2D eigenvalue weighted by molar-refractivity contribution is 7.88. The topological polar surface area (TPSA) is 66.5 Å². The van der Waals surface area contributed by atoms with Gasteiger partial charge in [-0.2, -0.15) is 4.31 Å². The summed E-state index contributed by atoms with van der Waals surface area (Å²) in [6.45, 7) is 0.748. The molecule has 3 aromatic carbocycles. The van der Waals surface area contributed by atoms with E-state index in [9.17, 15) is 13.2 Å². The summed E-state index contributed by atoms with van der Waals surface area (Å²) in [5.74, 6) is -0.536. The summed E-state index contributed by atoms with van der Waals surface area (Å²) in [6.07, 6.45) is 1.80. The number of hydrogen-bond acceptors (Lipinski definition) is 3. The first-order chi connectivity index (χ1) is 14.4. The second-order valence-corrected chi connectivity index (χ2v) is 9.52. The summed E-state index contributed by atoms with van der Waals surface area (Å²) in [7, 11) is -3.24. The number of nitrogens with one attached hydrogen (secondary N) is 1. The van der Waals surface area contributed by atoms with Gasteiger partial charge in [-0.1, -0.05) is 72.8 Å². The average Bonchev–Trinajstić information content (AvgIpc) is 2.75. The third kappa shape index (κ3) is 4.30. The zero-order chi connectivity index (χ0) is 21.1. The Labute approximate surface area is 177 Å². The van der Waals surface area contributed by atoms with Crippen LogP contribution in [0.3, 0.4) is 0 Å². The Morgan fingerprint density at radius 2 is 1.50 bits per heavy atom. The standard InChI is InChI=1S/C24H24N2O3S/c1-30(28,29)26-16-15-21-20(17-26)13-8-14-22(21)25-24(27)23(18-9-4-2-5-10-18)19-11-6-3-7-12-19/h2-14,23H,15-17H2,1H3,(H,25,27). The Morgan fingerprint density at radius 3 is 2.07 bits per heavy atom. The summed E-state index contributed by atoms with van der Waals surface area (Å²) in [4.78, 5) is 13.4. The molecule has 0 saturated carbocycles. The van der Waals surface area contributed by atoms with E-state index in [4.69, 9.17) is 0 Å². The Kier molecular flexibility index (Phi) is 5.70. The molecule has 0 saturated heterocycles. The van der Waals surface area contributed by atoms with E-state index in [0.717, 1.165) is 27.9 Å². The number of fused-ring (bicyclic) bond motifs is 1. The van der Waals surface area contributed by atoms with Crippen molar-refractivity contribution in [3.05, 3.63) is 101 Å². The second-order valence-electron chi connectivity index (χ2n) is 7.53. The molecule has 0 aliphatic carbocycles. The van der Waals surface area contributed by atoms with E-state index in [2.05, 4.69) is 5.32 Å². The van der Waals surface area contributed by atoms with E-state index in [0.29, 0.717) is 19.5 Å². The predicted molar refractivity (Wildman–Crippen MR) is 119 cm³/mol. The lowest BCUT2D eigenvalue weighted by Gasteiger charge is -2.28. The van der Waals surface area contributed by atoms with E-state index in [-0.39, 0.29) is 5.91 Å². The number of nitrogens with zero attached hydrogens (tertiary/aromatic N) is 1. The quantitative estimate of drug-likeness (QED) is 0.683. The van der Waals surface area contributed by atoms with Crippen LogP contribution in [0.2, 0.25) is 0 Å². The van der Waals surface area contributed by atoms with E-state index in [1.807, 2.05) is 78.9 Å². The third-order valence-electron chi connectivity index (χ3n) is 5.49. The van der Waals surface area contributed by atoms with Crippen molar-refractivity contribution < 1.29 is 13.2 Å². The molecule has 5 nitrogen and oxygen atoms in total. The van der Waals surface area contributed by atoms with Crippen molar-refractivity contribution >= 4 is 21.6 Å². The van der Waals surface area contributed by atoms with E-state index >= 15 is 0 Å². The molecule has 0 spiro atoms. The van der Waals surface area contributed by atoms with Gasteiger partial charge in [0.05, 0.1) is 12.2 Å². The molecule has 0 atom stereocenters. The van der Waals surface area contributed by atoms with Crippen molar-refractivity contribution in [1.82, 2.24) is 4.31 Å². The normalized spacial score (nSPS) is 14.3. The van der Waals surface area contributed by atoms with Crippen LogP contribution in [-0.2, 0) is 27.8 Å². The zero-order valence-corrected chi connectivity index (χ0v) is 17.6. The van der Waals surface area contributed by atoms with Crippen LogP contribution < -0.4 is 5.32 Å². The fourth-order valence-corrected chi connectivity index (χ4v) is 4.77.